The van der Waals surface area contributed by atoms with Crippen molar-refractivity contribution in [2.75, 3.05) is 26.3 Å². The lowest BCUT2D eigenvalue weighted by molar-refractivity contribution is 0.0615. The maximum absolute atomic E-state index is 5.60. The SMILES string of the molecule is NC[C@@H]1CO[C@@H]2[C@@H](CN)CO[C@H]12. The van der Waals surface area contributed by atoms with Crippen LogP contribution in [0.15, 0.2) is 0 Å². The van der Waals surface area contributed by atoms with Crippen molar-refractivity contribution in [1.82, 2.24) is 0 Å². The van der Waals surface area contributed by atoms with Crippen molar-refractivity contribution in [3.8, 4) is 0 Å². The van der Waals surface area contributed by atoms with Crippen LogP contribution in [0.1, 0.15) is 0 Å². The van der Waals surface area contributed by atoms with Crippen LogP contribution in [0.25, 0.3) is 0 Å². The summed E-state index contributed by atoms with van der Waals surface area (Å²) < 4.78 is 11.2. The Balaban J connectivity index is 2.01. The zero-order chi connectivity index (χ0) is 8.55. The molecule has 0 aromatic heterocycles. The van der Waals surface area contributed by atoms with Gasteiger partial charge in [-0.15, -0.1) is 0 Å². The van der Waals surface area contributed by atoms with Crippen molar-refractivity contribution < 1.29 is 9.47 Å². The van der Waals surface area contributed by atoms with E-state index in [1.807, 2.05) is 0 Å². The van der Waals surface area contributed by atoms with Crippen molar-refractivity contribution in [2.45, 2.75) is 12.2 Å². The van der Waals surface area contributed by atoms with Gasteiger partial charge in [0.15, 0.2) is 0 Å². The molecule has 0 spiro atoms. The lowest BCUT2D eigenvalue weighted by Crippen LogP contribution is -2.32. The number of nitrogens with two attached hydrogens (primary N) is 2. The molecule has 2 aliphatic rings. The maximum Gasteiger partial charge on any atom is 0.0903 e. The third-order valence-electron chi connectivity index (χ3n) is 2.86. The van der Waals surface area contributed by atoms with E-state index < -0.39 is 0 Å². The van der Waals surface area contributed by atoms with Crippen LogP contribution in [-0.2, 0) is 9.47 Å². The quantitative estimate of drug-likeness (QED) is 0.556. The molecule has 70 valence electrons. The summed E-state index contributed by atoms with van der Waals surface area (Å²) in [5.41, 5.74) is 11.2. The smallest absolute Gasteiger partial charge is 0.0903 e. The average molecular weight is 172 g/mol. The Bertz CT molecular complexity index is 147. The Morgan fingerprint density at radius 2 is 1.33 bits per heavy atom. The van der Waals surface area contributed by atoms with Gasteiger partial charge in [0.05, 0.1) is 25.4 Å². The first-order valence-corrected chi connectivity index (χ1v) is 4.50. The molecule has 0 saturated carbocycles. The number of ether oxygens (including phenoxy) is 2. The van der Waals surface area contributed by atoms with E-state index >= 15 is 0 Å². The van der Waals surface area contributed by atoms with Gasteiger partial charge in [-0.05, 0) is 13.1 Å². The molecule has 12 heavy (non-hydrogen) atoms. The summed E-state index contributed by atoms with van der Waals surface area (Å²) in [6.45, 7) is 2.78. The third kappa shape index (κ3) is 1.15. The Kier molecular flexibility index (Phi) is 2.32. The van der Waals surface area contributed by atoms with E-state index in [1.165, 1.54) is 0 Å². The first kappa shape index (κ1) is 8.44. The van der Waals surface area contributed by atoms with Gasteiger partial charge >= 0.3 is 0 Å². The molecule has 4 N–H and O–H groups in total. The molecule has 0 amide bonds. The van der Waals surface area contributed by atoms with Gasteiger partial charge in [0.25, 0.3) is 0 Å². The number of hydrogen-bond donors (Lipinski definition) is 2. The van der Waals surface area contributed by atoms with Crippen LogP contribution in [0, 0.1) is 11.8 Å². The highest BCUT2D eigenvalue weighted by atomic mass is 16.6. The monoisotopic (exact) mass is 172 g/mol. The minimum atomic E-state index is 0.212. The highest BCUT2D eigenvalue weighted by Gasteiger charge is 2.46. The molecule has 0 bridgehead atoms. The summed E-state index contributed by atoms with van der Waals surface area (Å²) in [4.78, 5) is 0. The predicted molar refractivity (Wildman–Crippen MR) is 44.6 cm³/mol. The Morgan fingerprint density at radius 3 is 1.67 bits per heavy atom. The lowest BCUT2D eigenvalue weighted by Gasteiger charge is -2.14. The van der Waals surface area contributed by atoms with E-state index in [-0.39, 0.29) is 12.2 Å². The molecule has 2 saturated heterocycles. The van der Waals surface area contributed by atoms with E-state index in [1.54, 1.807) is 0 Å². The summed E-state index contributed by atoms with van der Waals surface area (Å²) in [7, 11) is 0. The first-order chi connectivity index (χ1) is 5.86. The molecule has 2 fully saturated rings. The fourth-order valence-electron chi connectivity index (χ4n) is 2.06. The van der Waals surface area contributed by atoms with Crippen LogP contribution in [0.3, 0.4) is 0 Å². The highest BCUT2D eigenvalue weighted by molar-refractivity contribution is 4.94. The van der Waals surface area contributed by atoms with Gasteiger partial charge in [0, 0.05) is 11.8 Å². The summed E-state index contributed by atoms with van der Waals surface area (Å²) in [6, 6.07) is 0. The van der Waals surface area contributed by atoms with Gasteiger partial charge < -0.3 is 20.9 Å². The summed E-state index contributed by atoms with van der Waals surface area (Å²) in [5.74, 6) is 0.762. The summed E-state index contributed by atoms with van der Waals surface area (Å²) >= 11 is 0. The van der Waals surface area contributed by atoms with Gasteiger partial charge in [0.2, 0.25) is 0 Å². The zero-order valence-electron chi connectivity index (χ0n) is 7.11. The lowest BCUT2D eigenvalue weighted by atomic mass is 9.97. The molecular weight excluding hydrogens is 156 g/mol. The molecule has 2 aliphatic heterocycles. The van der Waals surface area contributed by atoms with E-state index in [9.17, 15) is 0 Å². The Morgan fingerprint density at radius 1 is 0.917 bits per heavy atom. The van der Waals surface area contributed by atoms with Crippen molar-refractivity contribution >= 4 is 0 Å². The molecule has 0 aliphatic carbocycles. The molecule has 2 rings (SSSR count). The van der Waals surface area contributed by atoms with Gasteiger partial charge in [-0.1, -0.05) is 0 Å². The fourth-order valence-corrected chi connectivity index (χ4v) is 2.06. The maximum atomic E-state index is 5.60. The molecule has 0 radical (unpaired) electrons. The van der Waals surface area contributed by atoms with E-state index in [0.29, 0.717) is 24.9 Å². The van der Waals surface area contributed by atoms with Crippen LogP contribution >= 0.6 is 0 Å². The summed E-state index contributed by atoms with van der Waals surface area (Å²) in [5, 5.41) is 0. The van der Waals surface area contributed by atoms with Gasteiger partial charge in [-0.25, -0.2) is 0 Å². The Hall–Kier alpha value is -0.160. The van der Waals surface area contributed by atoms with Crippen molar-refractivity contribution in [1.29, 1.82) is 0 Å². The minimum absolute atomic E-state index is 0.212. The van der Waals surface area contributed by atoms with Crippen LogP contribution in [-0.4, -0.2) is 38.5 Å². The van der Waals surface area contributed by atoms with E-state index in [2.05, 4.69) is 0 Å². The minimum Gasteiger partial charge on any atom is -0.375 e. The number of rotatable bonds is 2. The van der Waals surface area contributed by atoms with Gasteiger partial charge in [-0.2, -0.15) is 0 Å². The average Bonchev–Trinajstić information content (AvgIpc) is 2.62. The molecule has 4 atom stereocenters. The topological polar surface area (TPSA) is 70.5 Å². The third-order valence-corrected chi connectivity index (χ3v) is 2.86. The van der Waals surface area contributed by atoms with E-state index in [4.69, 9.17) is 20.9 Å². The second kappa shape index (κ2) is 3.30. The second-order valence-electron chi connectivity index (χ2n) is 3.59. The van der Waals surface area contributed by atoms with Crippen LogP contribution < -0.4 is 11.5 Å². The standard InChI is InChI=1S/C8H16N2O2/c9-1-5-3-11-8-6(2-10)4-12-7(5)8/h5-8H,1-4,9-10H2/t5-,6+,7-,8-/m1/s1. The molecule has 4 nitrogen and oxygen atoms in total. The van der Waals surface area contributed by atoms with Crippen LogP contribution in [0.5, 0.6) is 0 Å². The number of hydrogen-bond acceptors (Lipinski definition) is 4. The molecule has 0 unspecified atom stereocenters. The van der Waals surface area contributed by atoms with Gasteiger partial charge in [0.1, 0.15) is 0 Å². The zero-order valence-corrected chi connectivity index (χ0v) is 7.11. The number of fused-ring (bicyclic) bond motifs is 1. The molecule has 2 heterocycles. The fraction of sp³-hybridized carbons (Fsp3) is 1.00. The summed E-state index contributed by atoms with van der Waals surface area (Å²) in [6.07, 6.45) is 0.423. The molecule has 0 aromatic rings. The highest BCUT2D eigenvalue weighted by Crippen LogP contribution is 2.33. The van der Waals surface area contributed by atoms with E-state index in [0.717, 1.165) is 13.2 Å². The first-order valence-electron chi connectivity index (χ1n) is 4.50. The van der Waals surface area contributed by atoms with Crippen LogP contribution in [0.2, 0.25) is 0 Å². The Labute approximate surface area is 72.2 Å². The largest absolute Gasteiger partial charge is 0.375 e. The predicted octanol–water partition coefficient (Wildman–Crippen LogP) is -1.07. The normalized spacial score (nSPS) is 46.5. The van der Waals surface area contributed by atoms with Crippen LogP contribution in [0.4, 0.5) is 0 Å². The molecular formula is C8H16N2O2. The van der Waals surface area contributed by atoms with Crippen molar-refractivity contribution in [3.05, 3.63) is 0 Å². The van der Waals surface area contributed by atoms with Crippen molar-refractivity contribution in [2.24, 2.45) is 23.3 Å². The van der Waals surface area contributed by atoms with Gasteiger partial charge in [-0.3, -0.25) is 0 Å². The molecule has 4 heteroatoms. The molecule has 0 aromatic carbocycles. The second-order valence-corrected chi connectivity index (χ2v) is 3.59. The van der Waals surface area contributed by atoms with Crippen molar-refractivity contribution in [3.63, 3.8) is 0 Å².